The molecule has 3 rings (SSSR count). The van der Waals surface area contributed by atoms with Crippen LogP contribution < -0.4 is 5.32 Å². The van der Waals surface area contributed by atoms with Crippen LogP contribution in [-0.4, -0.2) is 24.9 Å². The fourth-order valence-corrected chi connectivity index (χ4v) is 2.82. The zero-order chi connectivity index (χ0) is 17.6. The van der Waals surface area contributed by atoms with Crippen LogP contribution in [0.5, 0.6) is 0 Å². The van der Waals surface area contributed by atoms with Gasteiger partial charge in [0.25, 0.3) is 0 Å². The monoisotopic (exact) mass is 334 g/mol. The van der Waals surface area contributed by atoms with E-state index >= 15 is 0 Å². The molecule has 1 amide bonds. The Morgan fingerprint density at radius 1 is 0.880 bits per heavy atom. The van der Waals surface area contributed by atoms with Crippen LogP contribution in [-0.2, 0) is 4.79 Å². The molecule has 0 saturated carbocycles. The Labute approximate surface area is 148 Å². The Hall–Kier alpha value is -2.85. The Bertz CT molecular complexity index is 783. The van der Waals surface area contributed by atoms with Gasteiger partial charge in [-0.25, -0.2) is 0 Å². The minimum absolute atomic E-state index is 0.00122. The van der Waals surface area contributed by atoms with E-state index in [0.717, 1.165) is 16.9 Å². The van der Waals surface area contributed by atoms with Gasteiger partial charge in [0.05, 0.1) is 12.3 Å². The third-order valence-corrected chi connectivity index (χ3v) is 4.11. The molecule has 3 aromatic rings. The summed E-state index contributed by atoms with van der Waals surface area (Å²) in [5.41, 5.74) is 1.97. The predicted octanol–water partition coefficient (Wildman–Crippen LogP) is 3.79. The van der Waals surface area contributed by atoms with Gasteiger partial charge >= 0.3 is 0 Å². The second kappa shape index (κ2) is 7.81. The molecule has 0 aliphatic rings. The van der Waals surface area contributed by atoms with E-state index in [1.54, 1.807) is 25.3 Å². The standard InChI is InChI=1S/C21H22N2O2/c1-23(2)21(24)20(17-12-7-4-8-13-17)22-19(18-14-9-15-25-18)16-10-5-3-6-11-16/h3-15,19-20,22H,1-2H3/t19-,20+/m0/s1. The van der Waals surface area contributed by atoms with E-state index in [1.165, 1.54) is 0 Å². The van der Waals surface area contributed by atoms with E-state index < -0.39 is 6.04 Å². The SMILES string of the molecule is CN(C)C(=O)[C@H](N[C@@H](c1ccccc1)c1ccco1)c1ccccc1. The van der Waals surface area contributed by atoms with Crippen molar-refractivity contribution in [1.82, 2.24) is 10.2 Å². The smallest absolute Gasteiger partial charge is 0.243 e. The van der Waals surface area contributed by atoms with Crippen molar-refractivity contribution in [3.05, 3.63) is 95.9 Å². The van der Waals surface area contributed by atoms with Crippen molar-refractivity contribution in [2.45, 2.75) is 12.1 Å². The van der Waals surface area contributed by atoms with Gasteiger partial charge in [-0.2, -0.15) is 0 Å². The number of rotatable bonds is 6. The molecular weight excluding hydrogens is 312 g/mol. The van der Waals surface area contributed by atoms with E-state index in [0.29, 0.717) is 0 Å². The lowest BCUT2D eigenvalue weighted by Gasteiger charge is -2.27. The van der Waals surface area contributed by atoms with Crippen molar-refractivity contribution in [2.24, 2.45) is 0 Å². The number of nitrogens with zero attached hydrogens (tertiary/aromatic N) is 1. The van der Waals surface area contributed by atoms with Gasteiger partial charge < -0.3 is 9.32 Å². The Morgan fingerprint density at radius 2 is 1.48 bits per heavy atom. The molecule has 1 N–H and O–H groups in total. The number of hydrogen-bond acceptors (Lipinski definition) is 3. The van der Waals surface area contributed by atoms with Crippen LogP contribution in [0.2, 0.25) is 0 Å². The molecule has 0 radical (unpaired) electrons. The largest absolute Gasteiger partial charge is 0.467 e. The molecule has 0 saturated heterocycles. The van der Waals surface area contributed by atoms with Gasteiger partial charge in [0.15, 0.2) is 0 Å². The molecule has 2 aromatic carbocycles. The van der Waals surface area contributed by atoms with Gasteiger partial charge in [0.1, 0.15) is 11.8 Å². The molecule has 1 aromatic heterocycles. The highest BCUT2D eigenvalue weighted by Crippen LogP contribution is 2.27. The summed E-state index contributed by atoms with van der Waals surface area (Å²) < 4.78 is 5.64. The molecule has 0 fully saturated rings. The minimum atomic E-state index is -0.466. The Balaban J connectivity index is 1.98. The first-order valence-electron chi connectivity index (χ1n) is 8.27. The lowest BCUT2D eigenvalue weighted by molar-refractivity contribution is -0.131. The zero-order valence-electron chi connectivity index (χ0n) is 14.4. The number of hydrogen-bond donors (Lipinski definition) is 1. The van der Waals surface area contributed by atoms with E-state index in [-0.39, 0.29) is 11.9 Å². The first kappa shape index (κ1) is 17.0. The maximum absolute atomic E-state index is 12.8. The van der Waals surface area contributed by atoms with Crippen LogP contribution >= 0.6 is 0 Å². The van der Waals surface area contributed by atoms with E-state index in [9.17, 15) is 4.79 Å². The van der Waals surface area contributed by atoms with Gasteiger partial charge in [-0.3, -0.25) is 10.1 Å². The summed E-state index contributed by atoms with van der Waals surface area (Å²) in [7, 11) is 3.54. The zero-order valence-corrected chi connectivity index (χ0v) is 14.4. The van der Waals surface area contributed by atoms with Crippen LogP contribution in [0.4, 0.5) is 0 Å². The molecule has 25 heavy (non-hydrogen) atoms. The molecule has 0 aliphatic heterocycles. The van der Waals surface area contributed by atoms with E-state index in [2.05, 4.69) is 5.32 Å². The van der Waals surface area contributed by atoms with E-state index in [1.807, 2.05) is 72.8 Å². The molecule has 128 valence electrons. The second-order valence-electron chi connectivity index (χ2n) is 6.10. The Morgan fingerprint density at radius 3 is 2.00 bits per heavy atom. The number of furan rings is 1. The van der Waals surface area contributed by atoms with Gasteiger partial charge in [0.2, 0.25) is 5.91 Å². The number of carbonyl (C=O) groups is 1. The highest BCUT2D eigenvalue weighted by atomic mass is 16.3. The summed E-state index contributed by atoms with van der Waals surface area (Å²) in [6, 6.07) is 22.9. The van der Waals surface area contributed by atoms with Crippen molar-refractivity contribution < 1.29 is 9.21 Å². The molecule has 0 aliphatic carbocycles. The molecule has 2 atom stereocenters. The van der Waals surface area contributed by atoms with Crippen molar-refractivity contribution in [3.8, 4) is 0 Å². The van der Waals surface area contributed by atoms with Gasteiger partial charge in [-0.1, -0.05) is 60.7 Å². The number of amides is 1. The summed E-state index contributed by atoms with van der Waals surface area (Å²) in [5.74, 6) is 0.775. The molecular formula is C21H22N2O2. The summed E-state index contributed by atoms with van der Waals surface area (Å²) in [6.07, 6.45) is 1.65. The predicted molar refractivity (Wildman–Crippen MR) is 98.0 cm³/mol. The highest BCUT2D eigenvalue weighted by molar-refractivity contribution is 5.83. The van der Waals surface area contributed by atoms with E-state index in [4.69, 9.17) is 4.42 Å². The molecule has 4 heteroatoms. The minimum Gasteiger partial charge on any atom is -0.467 e. The first-order chi connectivity index (χ1) is 12.2. The lowest BCUT2D eigenvalue weighted by atomic mass is 10.00. The quantitative estimate of drug-likeness (QED) is 0.746. The van der Waals surface area contributed by atoms with Gasteiger partial charge in [0, 0.05) is 14.1 Å². The third kappa shape index (κ3) is 3.98. The van der Waals surface area contributed by atoms with Crippen LogP contribution in [0.3, 0.4) is 0 Å². The maximum Gasteiger partial charge on any atom is 0.243 e. The molecule has 0 unspecified atom stereocenters. The topological polar surface area (TPSA) is 45.5 Å². The molecule has 4 nitrogen and oxygen atoms in total. The normalized spacial score (nSPS) is 13.2. The number of carbonyl (C=O) groups excluding carboxylic acids is 1. The van der Waals surface area contributed by atoms with Crippen molar-refractivity contribution in [1.29, 1.82) is 0 Å². The average molecular weight is 334 g/mol. The second-order valence-corrected chi connectivity index (χ2v) is 6.10. The van der Waals surface area contributed by atoms with Gasteiger partial charge in [-0.05, 0) is 23.3 Å². The highest BCUT2D eigenvalue weighted by Gasteiger charge is 2.27. The summed E-state index contributed by atoms with van der Waals surface area (Å²) in [5, 5.41) is 3.49. The molecule has 1 heterocycles. The number of nitrogens with one attached hydrogen (secondary N) is 1. The molecule has 0 bridgehead atoms. The summed E-state index contributed by atoms with van der Waals surface area (Å²) >= 11 is 0. The maximum atomic E-state index is 12.8. The van der Waals surface area contributed by atoms with Crippen LogP contribution in [0.1, 0.15) is 29.0 Å². The third-order valence-electron chi connectivity index (χ3n) is 4.11. The van der Waals surface area contributed by atoms with Gasteiger partial charge in [-0.15, -0.1) is 0 Å². The van der Waals surface area contributed by atoms with Crippen molar-refractivity contribution in [2.75, 3.05) is 14.1 Å². The number of likely N-dealkylation sites (N-methyl/N-ethyl adjacent to an activating group) is 1. The Kier molecular flexibility index (Phi) is 5.31. The fourth-order valence-electron chi connectivity index (χ4n) is 2.82. The summed E-state index contributed by atoms with van der Waals surface area (Å²) in [4.78, 5) is 14.4. The van der Waals surface area contributed by atoms with Crippen molar-refractivity contribution in [3.63, 3.8) is 0 Å². The average Bonchev–Trinajstić information content (AvgIpc) is 3.18. The van der Waals surface area contributed by atoms with Crippen LogP contribution in [0, 0.1) is 0 Å². The van der Waals surface area contributed by atoms with Crippen LogP contribution in [0.15, 0.2) is 83.5 Å². The first-order valence-corrected chi connectivity index (χ1v) is 8.27. The van der Waals surface area contributed by atoms with Crippen LogP contribution in [0.25, 0.3) is 0 Å². The fraction of sp³-hybridized carbons (Fsp3) is 0.190. The molecule has 0 spiro atoms. The summed E-state index contributed by atoms with van der Waals surface area (Å²) in [6.45, 7) is 0. The van der Waals surface area contributed by atoms with Crippen molar-refractivity contribution >= 4 is 5.91 Å². The number of benzene rings is 2. The lowest BCUT2D eigenvalue weighted by Crippen LogP contribution is -2.39.